The van der Waals surface area contributed by atoms with Gasteiger partial charge in [0.1, 0.15) is 17.7 Å². The Kier molecular flexibility index (Phi) is 6.42. The van der Waals surface area contributed by atoms with Gasteiger partial charge in [0.15, 0.2) is 0 Å². The van der Waals surface area contributed by atoms with Crippen molar-refractivity contribution in [3.8, 4) is 0 Å². The Morgan fingerprint density at radius 1 is 0.909 bits per heavy atom. The maximum absolute atomic E-state index is 13.6. The number of carbonyl (C=O) groups excluding carboxylic acids is 4. The average molecular weight is 462 g/mol. The minimum Gasteiger partial charge on any atom is -0.467 e. The van der Waals surface area contributed by atoms with Gasteiger partial charge in [-0.05, 0) is 64.7 Å². The molecule has 3 amide bonds. The third-order valence-corrected chi connectivity index (χ3v) is 7.24. The summed E-state index contributed by atoms with van der Waals surface area (Å²) >= 11 is 0. The molecule has 1 N–H and O–H groups in total. The van der Waals surface area contributed by atoms with Crippen molar-refractivity contribution in [3.63, 3.8) is 0 Å². The number of nitrogens with zero attached hydrogens (tertiary/aromatic N) is 2. The molecule has 4 rings (SSSR count). The van der Waals surface area contributed by atoms with Gasteiger partial charge in [0.2, 0.25) is 5.91 Å². The Morgan fingerprint density at radius 2 is 1.52 bits per heavy atom. The highest BCUT2D eigenvalue weighted by Crippen LogP contribution is 2.45. The first-order valence-corrected chi connectivity index (χ1v) is 12.0. The number of hydrogen-bond acceptors (Lipinski definition) is 6. The molecule has 9 nitrogen and oxygen atoms in total. The summed E-state index contributed by atoms with van der Waals surface area (Å²) in [5.74, 6) is -1.21. The molecule has 0 aromatic carbocycles. The van der Waals surface area contributed by atoms with Crippen molar-refractivity contribution in [2.45, 2.75) is 76.6 Å². The van der Waals surface area contributed by atoms with Crippen LogP contribution in [-0.2, 0) is 23.9 Å². The van der Waals surface area contributed by atoms with E-state index in [-0.39, 0.29) is 29.8 Å². The molecule has 182 valence electrons. The molecule has 2 bridgehead atoms. The first-order chi connectivity index (χ1) is 15.6. The second-order valence-corrected chi connectivity index (χ2v) is 10.5. The molecule has 0 radical (unpaired) electrons. The molecule has 2 heterocycles. The normalized spacial score (nSPS) is 32.8. The van der Waals surface area contributed by atoms with Crippen molar-refractivity contribution in [2.75, 3.05) is 20.2 Å². The predicted octanol–water partition coefficient (Wildman–Crippen LogP) is 1.86. The number of nitrogens with one attached hydrogen (secondary N) is 1. The van der Waals surface area contributed by atoms with Crippen molar-refractivity contribution >= 4 is 23.9 Å². The maximum atomic E-state index is 13.6. The molecule has 0 unspecified atom stereocenters. The molecule has 3 fully saturated rings. The van der Waals surface area contributed by atoms with E-state index in [4.69, 9.17) is 9.47 Å². The highest BCUT2D eigenvalue weighted by molar-refractivity contribution is 5.89. The van der Waals surface area contributed by atoms with E-state index in [0.717, 1.165) is 19.3 Å². The number of hydrogen-bond donors (Lipinski definition) is 1. The van der Waals surface area contributed by atoms with Gasteiger partial charge in [-0.2, -0.15) is 0 Å². The lowest BCUT2D eigenvalue weighted by molar-refractivity contribution is -0.159. The monoisotopic (exact) mass is 461 g/mol. The van der Waals surface area contributed by atoms with Gasteiger partial charge in [-0.25, -0.2) is 14.4 Å². The van der Waals surface area contributed by atoms with Crippen LogP contribution in [0.3, 0.4) is 0 Å². The van der Waals surface area contributed by atoms with Crippen molar-refractivity contribution < 1.29 is 28.7 Å². The van der Waals surface area contributed by atoms with Gasteiger partial charge in [0.05, 0.1) is 13.0 Å². The molecule has 6 atom stereocenters. The summed E-state index contributed by atoms with van der Waals surface area (Å²) in [6.07, 6.45) is 7.56. The highest BCUT2D eigenvalue weighted by Gasteiger charge is 2.52. The zero-order valence-corrected chi connectivity index (χ0v) is 19.9. The number of allylic oxidation sites excluding steroid dienone is 1. The molecular weight excluding hydrogens is 426 g/mol. The molecule has 0 spiro atoms. The minimum absolute atomic E-state index is 0.0342. The first kappa shape index (κ1) is 23.6. The van der Waals surface area contributed by atoms with Crippen LogP contribution in [0.25, 0.3) is 0 Å². The van der Waals surface area contributed by atoms with Crippen LogP contribution >= 0.6 is 0 Å². The zero-order chi connectivity index (χ0) is 23.9. The smallest absolute Gasteiger partial charge is 0.329 e. The number of amides is 3. The second-order valence-electron chi connectivity index (χ2n) is 10.5. The lowest BCUT2D eigenvalue weighted by Gasteiger charge is -2.34. The summed E-state index contributed by atoms with van der Waals surface area (Å²) in [4.78, 5) is 54.8. The zero-order valence-electron chi connectivity index (χ0n) is 19.9. The Labute approximate surface area is 194 Å². The Bertz CT molecular complexity index is 850. The van der Waals surface area contributed by atoms with E-state index in [1.54, 1.807) is 9.80 Å². The Morgan fingerprint density at radius 3 is 2.15 bits per heavy atom. The number of esters is 2. The van der Waals surface area contributed by atoms with Crippen molar-refractivity contribution in [1.29, 1.82) is 0 Å². The van der Waals surface area contributed by atoms with Crippen molar-refractivity contribution in [1.82, 2.24) is 15.1 Å². The van der Waals surface area contributed by atoms with Crippen LogP contribution in [0.5, 0.6) is 0 Å². The molecule has 4 aliphatic rings. The molecule has 33 heavy (non-hydrogen) atoms. The minimum atomic E-state index is -0.624. The summed E-state index contributed by atoms with van der Waals surface area (Å²) in [5.41, 5.74) is -0.624. The van der Waals surface area contributed by atoms with E-state index < -0.39 is 35.5 Å². The summed E-state index contributed by atoms with van der Waals surface area (Å²) in [6.45, 7) is 6.41. The van der Waals surface area contributed by atoms with Crippen LogP contribution in [0.4, 0.5) is 4.79 Å². The average Bonchev–Trinajstić information content (AvgIpc) is 3.54. The molecule has 0 aromatic heterocycles. The summed E-state index contributed by atoms with van der Waals surface area (Å²) in [6, 6.07) is -1.87. The Balaban J connectivity index is 1.47. The summed E-state index contributed by atoms with van der Waals surface area (Å²) in [7, 11) is 1.34. The fraction of sp³-hybridized carbons (Fsp3) is 0.750. The van der Waals surface area contributed by atoms with Crippen molar-refractivity contribution in [2.24, 2.45) is 17.8 Å². The molecule has 0 aromatic rings. The second kappa shape index (κ2) is 8.99. The SMILES string of the molecule is COC(=O)[C@@H]1CCCN1C(=O)[C@H]1[C@@H](NC(=O)N2CCC[C@H]2C(=O)OC(C)(C)C)[C@H]2C=C[C@@H]1C2. The quantitative estimate of drug-likeness (QED) is 0.506. The number of ether oxygens (including phenoxy) is 2. The molecule has 2 aliphatic heterocycles. The predicted molar refractivity (Wildman–Crippen MR) is 119 cm³/mol. The van der Waals surface area contributed by atoms with Crippen LogP contribution in [0, 0.1) is 17.8 Å². The third-order valence-electron chi connectivity index (χ3n) is 7.24. The lowest BCUT2D eigenvalue weighted by Crippen LogP contribution is -2.56. The number of methoxy groups -OCH3 is 1. The van der Waals surface area contributed by atoms with Crippen LogP contribution in [-0.4, -0.2) is 77.6 Å². The van der Waals surface area contributed by atoms with E-state index in [0.29, 0.717) is 25.9 Å². The third kappa shape index (κ3) is 4.59. The van der Waals surface area contributed by atoms with Crippen LogP contribution in [0.1, 0.15) is 52.9 Å². The van der Waals surface area contributed by atoms with Gasteiger partial charge in [0, 0.05) is 19.1 Å². The van der Waals surface area contributed by atoms with Gasteiger partial charge in [0.25, 0.3) is 0 Å². The highest BCUT2D eigenvalue weighted by atomic mass is 16.6. The molecule has 2 saturated heterocycles. The Hall–Kier alpha value is -2.58. The molecule has 2 aliphatic carbocycles. The number of likely N-dealkylation sites (tertiary alicyclic amines) is 2. The van der Waals surface area contributed by atoms with Gasteiger partial charge < -0.3 is 24.6 Å². The molecular formula is C24H35N3O6. The summed E-state index contributed by atoms with van der Waals surface area (Å²) in [5, 5.41) is 3.08. The van der Waals surface area contributed by atoms with E-state index in [1.165, 1.54) is 7.11 Å². The molecule has 9 heteroatoms. The van der Waals surface area contributed by atoms with Crippen LogP contribution in [0.2, 0.25) is 0 Å². The molecule has 1 saturated carbocycles. The number of fused-ring (bicyclic) bond motifs is 2. The number of rotatable bonds is 4. The van der Waals surface area contributed by atoms with Gasteiger partial charge in [-0.15, -0.1) is 0 Å². The first-order valence-electron chi connectivity index (χ1n) is 12.0. The fourth-order valence-electron chi connectivity index (χ4n) is 5.81. The van der Waals surface area contributed by atoms with E-state index >= 15 is 0 Å². The summed E-state index contributed by atoms with van der Waals surface area (Å²) < 4.78 is 10.4. The maximum Gasteiger partial charge on any atom is 0.329 e. The standard InChI is InChI=1S/C24H35N3O6/c1-24(2,3)33-22(30)17-8-6-12-27(17)23(31)25-19-15-10-9-14(13-15)18(19)20(28)26-11-5-7-16(26)21(29)32-4/h9-10,14-19H,5-8,11-13H2,1-4H3,(H,25,31)/t14-,15+,16+,17+,18-,19+/m1/s1. The lowest BCUT2D eigenvalue weighted by atomic mass is 9.87. The largest absolute Gasteiger partial charge is 0.467 e. The number of carbonyl (C=O) groups is 4. The van der Waals surface area contributed by atoms with E-state index in [1.807, 2.05) is 20.8 Å². The van der Waals surface area contributed by atoms with Crippen LogP contribution < -0.4 is 5.32 Å². The van der Waals surface area contributed by atoms with Gasteiger partial charge in [-0.3, -0.25) is 4.79 Å². The number of urea groups is 1. The van der Waals surface area contributed by atoms with Crippen molar-refractivity contribution in [3.05, 3.63) is 12.2 Å². The van der Waals surface area contributed by atoms with E-state index in [9.17, 15) is 19.2 Å². The van der Waals surface area contributed by atoms with Gasteiger partial charge >= 0.3 is 18.0 Å². The van der Waals surface area contributed by atoms with Crippen LogP contribution in [0.15, 0.2) is 12.2 Å². The topological polar surface area (TPSA) is 105 Å². The van der Waals surface area contributed by atoms with Gasteiger partial charge in [-0.1, -0.05) is 12.2 Å². The van der Waals surface area contributed by atoms with E-state index in [2.05, 4.69) is 17.5 Å². The fourth-order valence-corrected chi connectivity index (χ4v) is 5.81.